The number of halogens is 3. The lowest BCUT2D eigenvalue weighted by atomic mass is 10.1. The van der Waals surface area contributed by atoms with E-state index in [1.54, 1.807) is 27.8 Å². The number of aromatic nitrogens is 5. The van der Waals surface area contributed by atoms with Crippen molar-refractivity contribution in [1.29, 1.82) is 0 Å². The van der Waals surface area contributed by atoms with Crippen molar-refractivity contribution in [2.75, 3.05) is 11.4 Å². The molecular weight excluding hydrogens is 436 g/mol. The Balaban J connectivity index is 1.43. The molecule has 3 heterocycles. The van der Waals surface area contributed by atoms with Crippen LogP contribution >= 0.6 is 11.6 Å². The molecule has 1 aliphatic rings. The van der Waals surface area contributed by atoms with Gasteiger partial charge in [0, 0.05) is 37.5 Å². The van der Waals surface area contributed by atoms with Gasteiger partial charge in [-0.2, -0.15) is 10.1 Å². The molecule has 5 rings (SSSR count). The van der Waals surface area contributed by atoms with Gasteiger partial charge in [0.1, 0.15) is 5.15 Å². The first-order chi connectivity index (χ1) is 15.5. The Labute approximate surface area is 187 Å². The van der Waals surface area contributed by atoms with E-state index in [1.165, 1.54) is 12.1 Å². The molecule has 0 saturated heterocycles. The Morgan fingerprint density at radius 2 is 1.97 bits per heavy atom. The summed E-state index contributed by atoms with van der Waals surface area (Å²) >= 11 is 5.89. The Morgan fingerprint density at radius 1 is 1.09 bits per heavy atom. The molecule has 0 bridgehead atoms. The number of aryl methyl sites for hydroxylation is 1. The normalized spacial score (nSPS) is 13.1. The van der Waals surface area contributed by atoms with Crippen molar-refractivity contribution in [2.24, 2.45) is 0 Å². The van der Waals surface area contributed by atoms with Crippen LogP contribution in [0.1, 0.15) is 17.8 Å². The summed E-state index contributed by atoms with van der Waals surface area (Å²) in [5, 5.41) is 4.94. The van der Waals surface area contributed by atoms with Crippen LogP contribution in [0.25, 0.3) is 10.5 Å². The predicted molar refractivity (Wildman–Crippen MR) is 116 cm³/mol. The van der Waals surface area contributed by atoms with Gasteiger partial charge >= 0.3 is 0 Å². The second-order valence-corrected chi connectivity index (χ2v) is 7.76. The highest BCUT2D eigenvalue weighted by molar-refractivity contribution is 6.29. The minimum absolute atomic E-state index is 0.350. The van der Waals surface area contributed by atoms with Crippen molar-refractivity contribution in [1.82, 2.24) is 24.3 Å². The number of benzene rings is 2. The van der Waals surface area contributed by atoms with Crippen LogP contribution in [0.2, 0.25) is 5.15 Å². The minimum Gasteiger partial charge on any atom is -0.315 e. The summed E-state index contributed by atoms with van der Waals surface area (Å²) in [7, 11) is 0. The van der Waals surface area contributed by atoms with Gasteiger partial charge in [0.15, 0.2) is 17.5 Å². The quantitative estimate of drug-likeness (QED) is 0.406. The maximum atomic E-state index is 13.7. The summed E-state index contributed by atoms with van der Waals surface area (Å²) in [4.78, 5) is 14.1. The van der Waals surface area contributed by atoms with E-state index in [9.17, 15) is 8.78 Å². The van der Waals surface area contributed by atoms with Gasteiger partial charge in [-0.3, -0.25) is 0 Å². The standard InChI is InChI=1S/C22H16ClF2N7/c1-26-18-9-14(3-6-19(18)30-12-20(23)27-13-30)10-21-28-22-31(7-2-8-32(22)29-21)15-4-5-16(24)17(25)11-15/h3-6,9,11-13H,2,7-8,10H2. The number of imidazole rings is 1. The number of rotatable bonds is 4. The van der Waals surface area contributed by atoms with E-state index in [2.05, 4.69) is 19.9 Å². The van der Waals surface area contributed by atoms with Crippen molar-refractivity contribution < 1.29 is 8.78 Å². The van der Waals surface area contributed by atoms with Gasteiger partial charge in [-0.25, -0.2) is 23.3 Å². The van der Waals surface area contributed by atoms with E-state index in [-0.39, 0.29) is 0 Å². The molecule has 0 amide bonds. The largest absolute Gasteiger partial charge is 0.315 e. The Bertz CT molecular complexity index is 1350. The molecular formula is C22H16ClF2N7. The number of nitrogens with zero attached hydrogens (tertiary/aromatic N) is 7. The van der Waals surface area contributed by atoms with Gasteiger partial charge in [0.2, 0.25) is 11.6 Å². The van der Waals surface area contributed by atoms with Crippen LogP contribution in [0.4, 0.5) is 26.1 Å². The van der Waals surface area contributed by atoms with Gasteiger partial charge in [-0.1, -0.05) is 29.3 Å². The Morgan fingerprint density at radius 3 is 2.72 bits per heavy atom. The molecule has 0 aliphatic carbocycles. The summed E-state index contributed by atoms with van der Waals surface area (Å²) in [5.41, 5.74) is 2.56. The summed E-state index contributed by atoms with van der Waals surface area (Å²) < 4.78 is 30.6. The average Bonchev–Trinajstić information content (AvgIpc) is 3.41. The number of anilines is 2. The molecule has 0 spiro atoms. The second kappa shape index (κ2) is 8.05. The summed E-state index contributed by atoms with van der Waals surface area (Å²) in [6, 6.07) is 9.36. The molecule has 0 fully saturated rings. The Hall–Kier alpha value is -3.77. The molecule has 0 atom stereocenters. The zero-order valence-corrected chi connectivity index (χ0v) is 17.5. The summed E-state index contributed by atoms with van der Waals surface area (Å²) in [5.74, 6) is -0.605. The van der Waals surface area contributed by atoms with Crippen molar-refractivity contribution in [3.05, 3.63) is 88.5 Å². The minimum atomic E-state index is -0.898. The van der Waals surface area contributed by atoms with E-state index < -0.39 is 11.6 Å². The third-order valence-corrected chi connectivity index (χ3v) is 5.45. The fourth-order valence-electron chi connectivity index (χ4n) is 3.78. The topological polar surface area (TPSA) is 56.1 Å². The molecule has 0 unspecified atom stereocenters. The molecule has 160 valence electrons. The fraction of sp³-hybridized carbons (Fsp3) is 0.182. The van der Waals surface area contributed by atoms with Crippen LogP contribution in [0.5, 0.6) is 0 Å². The molecule has 0 radical (unpaired) electrons. The van der Waals surface area contributed by atoms with E-state index >= 15 is 0 Å². The monoisotopic (exact) mass is 451 g/mol. The van der Waals surface area contributed by atoms with Crippen LogP contribution in [0.3, 0.4) is 0 Å². The first kappa shape index (κ1) is 20.2. The molecule has 0 N–H and O–H groups in total. The van der Waals surface area contributed by atoms with Crippen LogP contribution in [0, 0.1) is 18.2 Å². The molecule has 0 saturated carbocycles. The zero-order chi connectivity index (χ0) is 22.2. The van der Waals surface area contributed by atoms with E-state index in [0.717, 1.165) is 18.1 Å². The highest BCUT2D eigenvalue weighted by Crippen LogP contribution is 2.30. The maximum absolute atomic E-state index is 13.7. The lowest BCUT2D eigenvalue weighted by Gasteiger charge is -2.27. The van der Waals surface area contributed by atoms with Crippen molar-refractivity contribution in [3.63, 3.8) is 0 Å². The molecule has 1 aliphatic heterocycles. The molecule has 4 aromatic rings. The average molecular weight is 452 g/mol. The lowest BCUT2D eigenvalue weighted by Crippen LogP contribution is -2.28. The SMILES string of the molecule is [C-]#[N+]c1cc(Cc2nc3n(n2)CCCN3c2ccc(F)c(F)c2)ccc1-n1cnc(Cl)c1. The van der Waals surface area contributed by atoms with Crippen molar-refractivity contribution in [3.8, 4) is 5.69 Å². The van der Waals surface area contributed by atoms with Crippen molar-refractivity contribution in [2.45, 2.75) is 19.4 Å². The molecule has 2 aromatic heterocycles. The van der Waals surface area contributed by atoms with Crippen molar-refractivity contribution >= 4 is 28.9 Å². The molecule has 10 heteroatoms. The summed E-state index contributed by atoms with van der Waals surface area (Å²) in [6.45, 7) is 8.86. The molecule has 32 heavy (non-hydrogen) atoms. The molecule has 2 aromatic carbocycles. The fourth-order valence-corrected chi connectivity index (χ4v) is 3.93. The number of hydrogen-bond donors (Lipinski definition) is 0. The van der Waals surface area contributed by atoms with Crippen LogP contribution < -0.4 is 4.90 Å². The van der Waals surface area contributed by atoms with Crippen LogP contribution in [-0.2, 0) is 13.0 Å². The first-order valence-corrected chi connectivity index (χ1v) is 10.3. The summed E-state index contributed by atoms with van der Waals surface area (Å²) in [6.07, 6.45) is 4.44. The lowest BCUT2D eigenvalue weighted by molar-refractivity contribution is 0.506. The Kier molecular flexibility index (Phi) is 5.07. The van der Waals surface area contributed by atoms with E-state index in [1.807, 2.05) is 17.0 Å². The van der Waals surface area contributed by atoms with Gasteiger partial charge < -0.3 is 9.47 Å². The van der Waals surface area contributed by atoms with E-state index in [0.29, 0.717) is 53.5 Å². The first-order valence-electron chi connectivity index (χ1n) is 9.88. The highest BCUT2D eigenvalue weighted by atomic mass is 35.5. The van der Waals surface area contributed by atoms with Gasteiger partial charge in [0.05, 0.1) is 18.6 Å². The second-order valence-electron chi connectivity index (χ2n) is 7.37. The highest BCUT2D eigenvalue weighted by Gasteiger charge is 2.23. The van der Waals surface area contributed by atoms with Gasteiger partial charge in [-0.15, -0.1) is 0 Å². The smallest absolute Gasteiger partial charge is 0.228 e. The third kappa shape index (κ3) is 3.69. The van der Waals surface area contributed by atoms with Crippen LogP contribution in [0.15, 0.2) is 48.9 Å². The number of hydrogen-bond acceptors (Lipinski definition) is 4. The maximum Gasteiger partial charge on any atom is 0.228 e. The predicted octanol–water partition coefficient (Wildman–Crippen LogP) is 5.08. The van der Waals surface area contributed by atoms with E-state index in [4.69, 9.17) is 18.2 Å². The van der Waals surface area contributed by atoms with Crippen LogP contribution in [-0.4, -0.2) is 30.9 Å². The van der Waals surface area contributed by atoms with Gasteiger partial charge in [-0.05, 0) is 24.6 Å². The molecule has 7 nitrogen and oxygen atoms in total. The van der Waals surface area contributed by atoms with Gasteiger partial charge in [0.25, 0.3) is 0 Å². The third-order valence-electron chi connectivity index (χ3n) is 5.26. The number of fused-ring (bicyclic) bond motifs is 1. The zero-order valence-electron chi connectivity index (χ0n) is 16.7.